The molecule has 1 spiro atoms. The fraction of sp³-hybridized carbons (Fsp3) is 0.500. The molecule has 0 N–H and O–H groups in total. The van der Waals surface area contributed by atoms with E-state index in [2.05, 4.69) is 17.1 Å². The molecule has 1 atom stereocenters. The minimum Gasteiger partial charge on any atom is -0.340 e. The molecule has 2 aliphatic heterocycles. The summed E-state index contributed by atoms with van der Waals surface area (Å²) in [5.74, 6) is -0.113. The maximum absolute atomic E-state index is 13.6. The van der Waals surface area contributed by atoms with Crippen molar-refractivity contribution in [1.29, 1.82) is 0 Å². The van der Waals surface area contributed by atoms with Crippen LogP contribution in [-0.4, -0.2) is 56.3 Å². The van der Waals surface area contributed by atoms with Gasteiger partial charge in [-0.3, -0.25) is 14.2 Å². The van der Waals surface area contributed by atoms with Gasteiger partial charge in [0.25, 0.3) is 0 Å². The van der Waals surface area contributed by atoms with Crippen molar-refractivity contribution in [3.8, 4) is 0 Å². The van der Waals surface area contributed by atoms with E-state index in [1.54, 1.807) is 24.8 Å². The first kappa shape index (κ1) is 21.3. The summed E-state index contributed by atoms with van der Waals surface area (Å²) in [6, 6.07) is 12.0. The van der Waals surface area contributed by atoms with Crippen molar-refractivity contribution >= 4 is 11.8 Å². The molecule has 4 rings (SSSR count). The van der Waals surface area contributed by atoms with E-state index in [1.807, 2.05) is 23.1 Å². The molecule has 1 aromatic carbocycles. The lowest BCUT2D eigenvalue weighted by molar-refractivity contribution is -0.155. The second kappa shape index (κ2) is 8.65. The van der Waals surface area contributed by atoms with Gasteiger partial charge >= 0.3 is 5.69 Å². The molecule has 1 unspecified atom stereocenters. The molecule has 2 amide bonds. The maximum atomic E-state index is 13.6. The fourth-order valence-electron chi connectivity index (χ4n) is 5.10. The Kier molecular flexibility index (Phi) is 5.94. The van der Waals surface area contributed by atoms with Crippen molar-refractivity contribution in [2.75, 3.05) is 19.6 Å². The average Bonchev–Trinajstić information content (AvgIpc) is 3.17. The summed E-state index contributed by atoms with van der Waals surface area (Å²) in [4.78, 5) is 46.8. The minimum atomic E-state index is -0.762. The van der Waals surface area contributed by atoms with Crippen LogP contribution in [0.1, 0.15) is 42.6 Å². The van der Waals surface area contributed by atoms with Gasteiger partial charge in [-0.1, -0.05) is 30.3 Å². The maximum Gasteiger partial charge on any atom is 0.348 e. The van der Waals surface area contributed by atoms with E-state index < -0.39 is 11.2 Å². The van der Waals surface area contributed by atoms with Crippen molar-refractivity contribution in [2.24, 2.45) is 0 Å². The second-order valence-electron chi connectivity index (χ2n) is 8.72. The van der Waals surface area contributed by atoms with Crippen molar-refractivity contribution in [3.05, 3.63) is 63.8 Å². The Labute approximate surface area is 182 Å². The van der Waals surface area contributed by atoms with E-state index in [0.29, 0.717) is 37.3 Å². The van der Waals surface area contributed by atoms with Crippen LogP contribution in [0.2, 0.25) is 0 Å². The van der Waals surface area contributed by atoms with Crippen LogP contribution in [0.15, 0.2) is 41.2 Å². The van der Waals surface area contributed by atoms with Gasteiger partial charge in [-0.05, 0) is 57.6 Å². The largest absolute Gasteiger partial charge is 0.348 e. The highest BCUT2D eigenvalue weighted by atomic mass is 16.2. The van der Waals surface area contributed by atoms with E-state index >= 15 is 0 Å². The lowest BCUT2D eigenvalue weighted by Crippen LogP contribution is -2.62. The Morgan fingerprint density at radius 2 is 1.77 bits per heavy atom. The van der Waals surface area contributed by atoms with Crippen LogP contribution in [0, 0.1) is 13.8 Å². The lowest BCUT2D eigenvalue weighted by Gasteiger charge is -2.44. The molecule has 3 heterocycles. The molecule has 164 valence electrons. The van der Waals surface area contributed by atoms with Crippen molar-refractivity contribution < 1.29 is 9.59 Å². The molecule has 31 heavy (non-hydrogen) atoms. The Bertz CT molecular complexity index is 1030. The van der Waals surface area contributed by atoms with Crippen LogP contribution < -0.4 is 5.69 Å². The molecule has 2 aromatic rings. The molecule has 7 heteroatoms. The first-order valence-corrected chi connectivity index (χ1v) is 11.1. The summed E-state index contributed by atoms with van der Waals surface area (Å²) in [7, 11) is 0. The zero-order valence-electron chi connectivity index (χ0n) is 18.3. The number of carbonyl (C=O) groups excluding carboxylic acids is 2. The summed E-state index contributed by atoms with van der Waals surface area (Å²) < 4.78 is 1.40. The molecule has 2 saturated heterocycles. The quantitative estimate of drug-likeness (QED) is 0.739. The summed E-state index contributed by atoms with van der Waals surface area (Å²) in [6.45, 7) is 5.45. The number of hydrogen-bond acceptors (Lipinski definition) is 4. The minimum absolute atomic E-state index is 0.0617. The third-order valence-electron chi connectivity index (χ3n) is 6.65. The van der Waals surface area contributed by atoms with Crippen LogP contribution in [0.3, 0.4) is 0 Å². The van der Waals surface area contributed by atoms with E-state index in [0.717, 1.165) is 25.8 Å². The SMILES string of the molecule is Cc1cc(C)n(CC(=O)N2CCCC23CCCN(CCc2ccccc2)C3=O)c(=O)n1. The summed E-state index contributed by atoms with van der Waals surface area (Å²) in [5, 5.41) is 0. The Morgan fingerprint density at radius 3 is 2.48 bits per heavy atom. The molecule has 0 bridgehead atoms. The molecule has 0 saturated carbocycles. The van der Waals surface area contributed by atoms with Gasteiger partial charge in [-0.25, -0.2) is 4.79 Å². The van der Waals surface area contributed by atoms with E-state index in [-0.39, 0.29) is 18.4 Å². The zero-order chi connectivity index (χ0) is 22.0. The number of benzene rings is 1. The standard InChI is InChI=1S/C24H30N4O3/c1-18-16-19(2)27(23(31)25-18)17-21(29)28-14-7-12-24(28)11-6-13-26(22(24)30)15-10-20-8-4-3-5-9-20/h3-5,8-9,16H,6-7,10-15,17H2,1-2H3. The van der Waals surface area contributed by atoms with Crippen LogP contribution in [0.4, 0.5) is 0 Å². The fourth-order valence-corrected chi connectivity index (χ4v) is 5.10. The monoisotopic (exact) mass is 422 g/mol. The average molecular weight is 423 g/mol. The molecular weight excluding hydrogens is 392 g/mol. The highest BCUT2D eigenvalue weighted by molar-refractivity contribution is 5.92. The summed E-state index contributed by atoms with van der Waals surface area (Å²) in [5.41, 5.74) is 1.37. The number of piperidine rings is 1. The Hall–Kier alpha value is -2.96. The topological polar surface area (TPSA) is 75.5 Å². The Balaban J connectivity index is 1.51. The number of amides is 2. The molecule has 7 nitrogen and oxygen atoms in total. The number of aryl methyl sites for hydroxylation is 2. The normalized spacial score (nSPS) is 21.2. The number of nitrogens with zero attached hydrogens (tertiary/aromatic N) is 4. The van der Waals surface area contributed by atoms with Gasteiger partial charge < -0.3 is 9.80 Å². The molecular formula is C24H30N4O3. The third kappa shape index (κ3) is 4.13. The van der Waals surface area contributed by atoms with Crippen LogP contribution in [0.5, 0.6) is 0 Å². The summed E-state index contributed by atoms with van der Waals surface area (Å²) >= 11 is 0. The zero-order valence-corrected chi connectivity index (χ0v) is 18.3. The van der Waals surface area contributed by atoms with E-state index in [1.165, 1.54) is 10.1 Å². The smallest absolute Gasteiger partial charge is 0.340 e. The predicted molar refractivity (Wildman–Crippen MR) is 118 cm³/mol. The van der Waals surface area contributed by atoms with Gasteiger partial charge in [0.15, 0.2) is 0 Å². The highest BCUT2D eigenvalue weighted by Crippen LogP contribution is 2.38. The lowest BCUT2D eigenvalue weighted by atomic mass is 9.85. The van der Waals surface area contributed by atoms with E-state index in [4.69, 9.17) is 0 Å². The molecule has 2 aliphatic rings. The van der Waals surface area contributed by atoms with Gasteiger partial charge in [0.05, 0.1) is 0 Å². The van der Waals surface area contributed by atoms with Gasteiger partial charge in [-0.15, -0.1) is 0 Å². The molecule has 1 aromatic heterocycles. The van der Waals surface area contributed by atoms with Crippen molar-refractivity contribution in [1.82, 2.24) is 19.4 Å². The van der Waals surface area contributed by atoms with Crippen LogP contribution in [-0.2, 0) is 22.6 Å². The third-order valence-corrected chi connectivity index (χ3v) is 6.65. The number of carbonyl (C=O) groups is 2. The van der Waals surface area contributed by atoms with Gasteiger partial charge in [-0.2, -0.15) is 4.98 Å². The van der Waals surface area contributed by atoms with E-state index in [9.17, 15) is 14.4 Å². The van der Waals surface area contributed by atoms with Gasteiger partial charge in [0.1, 0.15) is 12.1 Å². The second-order valence-corrected chi connectivity index (χ2v) is 8.72. The van der Waals surface area contributed by atoms with Crippen molar-refractivity contribution in [2.45, 2.75) is 58.0 Å². The van der Waals surface area contributed by atoms with Gasteiger partial charge in [0.2, 0.25) is 11.8 Å². The number of hydrogen-bond donors (Lipinski definition) is 0. The number of rotatable bonds is 5. The molecule has 2 fully saturated rings. The first-order chi connectivity index (χ1) is 14.9. The van der Waals surface area contributed by atoms with Gasteiger partial charge in [0, 0.05) is 31.0 Å². The number of likely N-dealkylation sites (tertiary alicyclic amines) is 2. The highest BCUT2D eigenvalue weighted by Gasteiger charge is 2.52. The Morgan fingerprint density at radius 1 is 1.06 bits per heavy atom. The predicted octanol–water partition coefficient (Wildman–Crippen LogP) is 2.09. The summed E-state index contributed by atoms with van der Waals surface area (Å²) in [6.07, 6.45) is 3.89. The molecule has 0 radical (unpaired) electrons. The van der Waals surface area contributed by atoms with Crippen LogP contribution in [0.25, 0.3) is 0 Å². The van der Waals surface area contributed by atoms with Crippen LogP contribution >= 0.6 is 0 Å². The number of aromatic nitrogens is 2. The molecule has 0 aliphatic carbocycles. The van der Waals surface area contributed by atoms with Crippen molar-refractivity contribution in [3.63, 3.8) is 0 Å². The first-order valence-electron chi connectivity index (χ1n) is 11.1.